The van der Waals surface area contributed by atoms with Crippen molar-refractivity contribution in [2.45, 2.75) is 46.0 Å². The van der Waals surface area contributed by atoms with E-state index in [1.165, 1.54) is 36.1 Å². The lowest BCUT2D eigenvalue weighted by Gasteiger charge is -2.21. The molecule has 1 atom stereocenters. The summed E-state index contributed by atoms with van der Waals surface area (Å²) in [5, 5.41) is 0. The number of aryl methyl sites for hydroxylation is 1. The van der Waals surface area contributed by atoms with Gasteiger partial charge in [0.25, 0.3) is 0 Å². The molecular formula is C13H19N. The maximum Gasteiger partial charge on any atom is 0.0435 e. The van der Waals surface area contributed by atoms with Gasteiger partial charge in [-0.15, -0.1) is 0 Å². The quantitative estimate of drug-likeness (QED) is 0.660. The van der Waals surface area contributed by atoms with Gasteiger partial charge >= 0.3 is 0 Å². The molecule has 1 aliphatic carbocycles. The maximum absolute atomic E-state index is 4.57. The van der Waals surface area contributed by atoms with Gasteiger partial charge in [0, 0.05) is 11.9 Å². The van der Waals surface area contributed by atoms with Crippen LogP contribution >= 0.6 is 0 Å². The lowest BCUT2D eigenvalue weighted by molar-refractivity contribution is 0.493. The third kappa shape index (κ3) is 1.82. The van der Waals surface area contributed by atoms with Gasteiger partial charge in [0.15, 0.2) is 0 Å². The Balaban J connectivity index is 2.33. The smallest absolute Gasteiger partial charge is 0.0435 e. The highest BCUT2D eigenvalue weighted by Crippen LogP contribution is 2.26. The molecule has 0 aliphatic heterocycles. The van der Waals surface area contributed by atoms with Crippen molar-refractivity contribution in [3.63, 3.8) is 0 Å². The zero-order valence-corrected chi connectivity index (χ0v) is 9.38. The Bertz CT molecular complexity index is 328. The predicted molar refractivity (Wildman–Crippen MR) is 59.5 cm³/mol. The van der Waals surface area contributed by atoms with Crippen LogP contribution in [0.1, 0.15) is 49.9 Å². The fourth-order valence-electron chi connectivity index (χ4n) is 2.14. The number of hydrogen-bond acceptors (Lipinski definition) is 1. The van der Waals surface area contributed by atoms with E-state index in [9.17, 15) is 0 Å². The highest BCUT2D eigenvalue weighted by molar-refractivity contribution is 5.29. The van der Waals surface area contributed by atoms with Gasteiger partial charge < -0.3 is 0 Å². The van der Waals surface area contributed by atoms with Crippen LogP contribution in [0.15, 0.2) is 12.3 Å². The fourth-order valence-corrected chi connectivity index (χ4v) is 2.14. The summed E-state index contributed by atoms with van der Waals surface area (Å²) in [5.41, 5.74) is 4.22. The minimum absolute atomic E-state index is 0.602. The second-order valence-corrected chi connectivity index (χ2v) is 4.88. The molecule has 1 aromatic heterocycles. The Hall–Kier alpha value is -0.850. The first-order valence-electron chi connectivity index (χ1n) is 5.64. The monoisotopic (exact) mass is 189 g/mol. The Morgan fingerprint density at radius 2 is 2.21 bits per heavy atom. The van der Waals surface area contributed by atoms with E-state index in [0.29, 0.717) is 5.92 Å². The van der Waals surface area contributed by atoms with Crippen molar-refractivity contribution in [1.82, 2.24) is 4.98 Å². The van der Waals surface area contributed by atoms with Crippen LogP contribution in [0.25, 0.3) is 0 Å². The molecule has 1 aliphatic rings. The highest BCUT2D eigenvalue weighted by Gasteiger charge is 2.16. The number of rotatable bonds is 1. The fraction of sp³-hybridized carbons (Fsp3) is 0.615. The van der Waals surface area contributed by atoms with Crippen molar-refractivity contribution in [2.75, 3.05) is 0 Å². The van der Waals surface area contributed by atoms with Gasteiger partial charge in [0.05, 0.1) is 0 Å². The van der Waals surface area contributed by atoms with Crippen LogP contribution in [-0.4, -0.2) is 4.98 Å². The summed E-state index contributed by atoms with van der Waals surface area (Å²) in [5.74, 6) is 1.44. The van der Waals surface area contributed by atoms with Gasteiger partial charge in [0.1, 0.15) is 0 Å². The molecule has 0 saturated carbocycles. The molecule has 0 fully saturated rings. The SMILES string of the molecule is CC1CCc2ncc(C(C)C)cc2C1. The molecule has 0 aromatic carbocycles. The van der Waals surface area contributed by atoms with Crippen molar-refractivity contribution < 1.29 is 0 Å². The first kappa shape index (κ1) is 9.70. The highest BCUT2D eigenvalue weighted by atomic mass is 14.7. The van der Waals surface area contributed by atoms with Gasteiger partial charge in [-0.1, -0.05) is 26.8 Å². The third-order valence-electron chi connectivity index (χ3n) is 3.19. The minimum atomic E-state index is 0.602. The van der Waals surface area contributed by atoms with Crippen LogP contribution in [0.4, 0.5) is 0 Å². The second-order valence-electron chi connectivity index (χ2n) is 4.88. The van der Waals surface area contributed by atoms with Crippen molar-refractivity contribution in [3.8, 4) is 0 Å². The maximum atomic E-state index is 4.57. The van der Waals surface area contributed by atoms with Crippen LogP contribution in [0.3, 0.4) is 0 Å². The van der Waals surface area contributed by atoms with E-state index in [-0.39, 0.29) is 0 Å². The summed E-state index contributed by atoms with van der Waals surface area (Å²) in [6, 6.07) is 2.36. The lowest BCUT2D eigenvalue weighted by Crippen LogP contribution is -2.13. The summed E-state index contributed by atoms with van der Waals surface area (Å²) in [6.07, 6.45) is 5.76. The molecule has 1 aromatic rings. The van der Waals surface area contributed by atoms with Crippen molar-refractivity contribution >= 4 is 0 Å². The van der Waals surface area contributed by atoms with E-state index in [2.05, 4.69) is 38.0 Å². The van der Waals surface area contributed by atoms with E-state index in [1.807, 2.05) is 0 Å². The largest absolute Gasteiger partial charge is 0.261 e. The standard InChI is InChI=1S/C13H19N/c1-9(2)12-7-11-6-10(3)4-5-13(11)14-8-12/h7-10H,4-6H2,1-3H3. The Morgan fingerprint density at radius 3 is 2.93 bits per heavy atom. The van der Waals surface area contributed by atoms with Crippen molar-refractivity contribution in [3.05, 3.63) is 29.1 Å². The molecule has 0 amide bonds. The average molecular weight is 189 g/mol. The van der Waals surface area contributed by atoms with Crippen LogP contribution in [-0.2, 0) is 12.8 Å². The van der Waals surface area contributed by atoms with Gasteiger partial charge in [-0.2, -0.15) is 0 Å². The number of nitrogens with zero attached hydrogens (tertiary/aromatic N) is 1. The van der Waals surface area contributed by atoms with Crippen molar-refractivity contribution in [1.29, 1.82) is 0 Å². The molecule has 0 radical (unpaired) electrons. The molecule has 2 rings (SSSR count). The lowest BCUT2D eigenvalue weighted by atomic mass is 9.86. The number of pyridine rings is 1. The summed E-state index contributed by atoms with van der Waals surface area (Å²) in [7, 11) is 0. The molecule has 1 unspecified atom stereocenters. The molecule has 76 valence electrons. The first-order valence-corrected chi connectivity index (χ1v) is 5.64. The normalized spacial score (nSPS) is 21.0. The van der Waals surface area contributed by atoms with E-state index in [4.69, 9.17) is 0 Å². The molecule has 1 heteroatoms. The van der Waals surface area contributed by atoms with E-state index >= 15 is 0 Å². The zero-order valence-electron chi connectivity index (χ0n) is 9.38. The van der Waals surface area contributed by atoms with E-state index in [1.54, 1.807) is 0 Å². The Morgan fingerprint density at radius 1 is 1.43 bits per heavy atom. The molecule has 0 N–H and O–H groups in total. The summed E-state index contributed by atoms with van der Waals surface area (Å²) >= 11 is 0. The number of aromatic nitrogens is 1. The van der Waals surface area contributed by atoms with Crippen molar-refractivity contribution in [2.24, 2.45) is 5.92 Å². The Kier molecular flexibility index (Phi) is 2.58. The summed E-state index contributed by atoms with van der Waals surface area (Å²) in [6.45, 7) is 6.80. The molecule has 1 nitrogen and oxygen atoms in total. The topological polar surface area (TPSA) is 12.9 Å². The van der Waals surface area contributed by atoms with Gasteiger partial charge in [0.2, 0.25) is 0 Å². The average Bonchev–Trinajstić information content (AvgIpc) is 2.16. The summed E-state index contributed by atoms with van der Waals surface area (Å²) < 4.78 is 0. The summed E-state index contributed by atoms with van der Waals surface area (Å²) in [4.78, 5) is 4.57. The Labute approximate surface area is 86.6 Å². The zero-order chi connectivity index (χ0) is 10.1. The molecule has 1 heterocycles. The van der Waals surface area contributed by atoms with Crippen LogP contribution in [0.2, 0.25) is 0 Å². The molecule has 0 saturated heterocycles. The van der Waals surface area contributed by atoms with Crippen LogP contribution in [0.5, 0.6) is 0 Å². The molecule has 0 bridgehead atoms. The second kappa shape index (κ2) is 3.72. The molecule has 0 spiro atoms. The van der Waals surface area contributed by atoms with Gasteiger partial charge in [-0.05, 0) is 42.2 Å². The van der Waals surface area contributed by atoms with Crippen LogP contribution < -0.4 is 0 Å². The molecule has 14 heavy (non-hydrogen) atoms. The minimum Gasteiger partial charge on any atom is -0.261 e. The van der Waals surface area contributed by atoms with Gasteiger partial charge in [-0.25, -0.2) is 0 Å². The predicted octanol–water partition coefficient (Wildman–Crippen LogP) is 3.33. The van der Waals surface area contributed by atoms with E-state index < -0.39 is 0 Å². The number of hydrogen-bond donors (Lipinski definition) is 0. The first-order chi connectivity index (χ1) is 6.66. The van der Waals surface area contributed by atoms with E-state index in [0.717, 1.165) is 5.92 Å². The third-order valence-corrected chi connectivity index (χ3v) is 3.19. The molecular weight excluding hydrogens is 170 g/mol. The van der Waals surface area contributed by atoms with Gasteiger partial charge in [-0.3, -0.25) is 4.98 Å². The number of fused-ring (bicyclic) bond motifs is 1. The van der Waals surface area contributed by atoms with Crippen LogP contribution in [0, 0.1) is 5.92 Å².